The van der Waals surface area contributed by atoms with E-state index in [1.807, 2.05) is 0 Å². The van der Waals surface area contributed by atoms with Gasteiger partial charge in [0.1, 0.15) is 6.17 Å². The van der Waals surface area contributed by atoms with Crippen LogP contribution in [-0.2, 0) is 0 Å². The number of hydrogen-bond donors (Lipinski definition) is 2. The molecule has 0 aromatic rings. The van der Waals surface area contributed by atoms with Crippen molar-refractivity contribution in [3.63, 3.8) is 0 Å². The molecule has 2 aliphatic rings. The van der Waals surface area contributed by atoms with Gasteiger partial charge in [0.15, 0.2) is 0 Å². The molecule has 1 heterocycles. The first-order valence-electron chi connectivity index (χ1n) is 7.25. The third-order valence-electron chi connectivity index (χ3n) is 4.73. The Labute approximate surface area is 101 Å². The molecule has 0 amide bonds. The van der Waals surface area contributed by atoms with Gasteiger partial charge in [-0.05, 0) is 31.1 Å². The van der Waals surface area contributed by atoms with E-state index in [2.05, 4.69) is 13.8 Å². The van der Waals surface area contributed by atoms with Gasteiger partial charge in [-0.15, -0.1) is 0 Å². The highest BCUT2D eigenvalue weighted by molar-refractivity contribution is 4.71. The van der Waals surface area contributed by atoms with E-state index in [4.69, 9.17) is 5.73 Å². The van der Waals surface area contributed by atoms with E-state index < -0.39 is 0 Å². The minimum Gasteiger partial charge on any atom is -0.320 e. The third kappa shape index (κ3) is 3.21. The average molecular weight is 225 g/mol. The molecule has 1 aliphatic carbocycles. The molecule has 0 aromatic heterocycles. The van der Waals surface area contributed by atoms with E-state index in [0.717, 1.165) is 17.8 Å². The molecule has 0 aromatic carbocycles. The molecule has 2 fully saturated rings. The van der Waals surface area contributed by atoms with Gasteiger partial charge in [0.2, 0.25) is 0 Å². The second-order valence-electron chi connectivity index (χ2n) is 6.49. The second-order valence-corrected chi connectivity index (χ2v) is 6.49. The molecule has 0 bridgehead atoms. The Balaban J connectivity index is 1.80. The Morgan fingerprint density at radius 3 is 2.50 bits per heavy atom. The summed E-state index contributed by atoms with van der Waals surface area (Å²) in [5.41, 5.74) is 6.28. The lowest BCUT2D eigenvalue weighted by atomic mass is 9.81. The van der Waals surface area contributed by atoms with Gasteiger partial charge in [-0.25, -0.2) is 0 Å². The number of likely N-dealkylation sites (tertiary alicyclic amines) is 1. The van der Waals surface area contributed by atoms with Gasteiger partial charge < -0.3 is 4.90 Å². The van der Waals surface area contributed by atoms with Crippen molar-refractivity contribution in [1.29, 1.82) is 0 Å². The first-order chi connectivity index (χ1) is 7.65. The third-order valence-corrected chi connectivity index (χ3v) is 4.73. The van der Waals surface area contributed by atoms with Crippen molar-refractivity contribution >= 4 is 0 Å². The van der Waals surface area contributed by atoms with Crippen LogP contribution in [0.5, 0.6) is 0 Å². The smallest absolute Gasteiger partial charge is 0.139 e. The largest absolute Gasteiger partial charge is 0.320 e. The number of rotatable bonds is 2. The van der Waals surface area contributed by atoms with Crippen molar-refractivity contribution in [3.05, 3.63) is 0 Å². The van der Waals surface area contributed by atoms with Gasteiger partial charge in [0.05, 0.1) is 13.1 Å². The molecule has 1 saturated heterocycles. The Kier molecular flexibility index (Phi) is 4.26. The highest BCUT2D eigenvalue weighted by Crippen LogP contribution is 2.27. The van der Waals surface area contributed by atoms with Gasteiger partial charge in [0.25, 0.3) is 0 Å². The monoisotopic (exact) mass is 225 g/mol. The van der Waals surface area contributed by atoms with Crippen molar-refractivity contribution in [1.82, 2.24) is 0 Å². The Bertz CT molecular complexity index is 217. The lowest BCUT2D eigenvalue weighted by Gasteiger charge is -2.37. The maximum absolute atomic E-state index is 6.28. The fourth-order valence-electron chi connectivity index (χ4n) is 3.70. The summed E-state index contributed by atoms with van der Waals surface area (Å²) in [5, 5.41) is 0. The Morgan fingerprint density at radius 1 is 1.06 bits per heavy atom. The van der Waals surface area contributed by atoms with Crippen LogP contribution in [-0.4, -0.2) is 19.3 Å². The van der Waals surface area contributed by atoms with E-state index in [1.54, 1.807) is 4.90 Å². The summed E-state index contributed by atoms with van der Waals surface area (Å²) in [5.74, 6) is 2.76. The molecule has 0 radical (unpaired) electrons. The van der Waals surface area contributed by atoms with Gasteiger partial charge in [-0.1, -0.05) is 26.7 Å². The van der Waals surface area contributed by atoms with E-state index in [-0.39, 0.29) is 0 Å². The molecule has 3 N–H and O–H groups in total. The molecule has 5 atom stereocenters. The lowest BCUT2D eigenvalue weighted by molar-refractivity contribution is -0.935. The molecule has 0 spiro atoms. The van der Waals surface area contributed by atoms with Crippen LogP contribution in [0.25, 0.3) is 0 Å². The number of nitrogens with two attached hydrogens (primary N) is 1. The summed E-state index contributed by atoms with van der Waals surface area (Å²) in [7, 11) is 0. The number of hydrogen-bond acceptors (Lipinski definition) is 1. The molecule has 2 heteroatoms. The van der Waals surface area contributed by atoms with E-state index in [9.17, 15) is 0 Å². The summed E-state index contributed by atoms with van der Waals surface area (Å²) < 4.78 is 0. The second kappa shape index (κ2) is 5.50. The van der Waals surface area contributed by atoms with Crippen LogP contribution in [0.15, 0.2) is 0 Å². The van der Waals surface area contributed by atoms with Gasteiger partial charge >= 0.3 is 0 Å². The van der Waals surface area contributed by atoms with Crippen molar-refractivity contribution in [2.24, 2.45) is 23.5 Å². The number of quaternary nitrogens is 1. The number of piperidine rings is 1. The summed E-state index contributed by atoms with van der Waals surface area (Å²) in [6.45, 7) is 7.42. The highest BCUT2D eigenvalue weighted by Gasteiger charge is 2.30. The molecule has 2 nitrogen and oxygen atoms in total. The van der Waals surface area contributed by atoms with Gasteiger partial charge in [0, 0.05) is 12.3 Å². The van der Waals surface area contributed by atoms with Crippen LogP contribution in [0.2, 0.25) is 0 Å². The topological polar surface area (TPSA) is 30.5 Å². The van der Waals surface area contributed by atoms with Crippen molar-refractivity contribution in [2.75, 3.05) is 13.1 Å². The lowest BCUT2D eigenvalue weighted by Crippen LogP contribution is -3.19. The standard InChI is InChI=1S/C14H28N2/c1-11-4-3-5-13(8-11)10-16-7-6-12(2)9-14(16)15/h11-14H,3-10,15H2,1-2H3/p+1. The highest BCUT2D eigenvalue weighted by atomic mass is 15.2. The Hall–Kier alpha value is -0.0800. The summed E-state index contributed by atoms with van der Waals surface area (Å²) in [6, 6.07) is 0. The van der Waals surface area contributed by atoms with Crippen LogP contribution in [0.1, 0.15) is 52.4 Å². The van der Waals surface area contributed by atoms with E-state index in [0.29, 0.717) is 6.17 Å². The van der Waals surface area contributed by atoms with Crippen LogP contribution in [0.3, 0.4) is 0 Å². The molecule has 2 rings (SSSR count). The maximum atomic E-state index is 6.28. The van der Waals surface area contributed by atoms with Gasteiger partial charge in [-0.3, -0.25) is 5.73 Å². The van der Waals surface area contributed by atoms with E-state index in [1.165, 1.54) is 51.6 Å². The fourth-order valence-corrected chi connectivity index (χ4v) is 3.70. The number of nitrogens with one attached hydrogen (secondary N) is 1. The van der Waals surface area contributed by atoms with Crippen LogP contribution >= 0.6 is 0 Å². The average Bonchev–Trinajstić information content (AvgIpc) is 2.22. The zero-order chi connectivity index (χ0) is 11.5. The van der Waals surface area contributed by atoms with Crippen LogP contribution < -0.4 is 10.6 Å². The molecule has 94 valence electrons. The maximum Gasteiger partial charge on any atom is 0.139 e. The SMILES string of the molecule is CC1CCCC(C[NH+]2CCC(C)CC2N)C1. The minimum atomic E-state index is 0.418. The van der Waals surface area contributed by atoms with Crippen molar-refractivity contribution in [3.8, 4) is 0 Å². The predicted molar refractivity (Wildman–Crippen MR) is 68.2 cm³/mol. The van der Waals surface area contributed by atoms with Gasteiger partial charge in [-0.2, -0.15) is 0 Å². The van der Waals surface area contributed by atoms with Crippen molar-refractivity contribution in [2.45, 2.75) is 58.5 Å². The molecule has 5 unspecified atom stereocenters. The zero-order valence-corrected chi connectivity index (χ0v) is 11.0. The zero-order valence-electron chi connectivity index (χ0n) is 11.0. The minimum absolute atomic E-state index is 0.418. The normalized spacial score (nSPS) is 45.6. The summed E-state index contributed by atoms with van der Waals surface area (Å²) >= 11 is 0. The molecular formula is C14H29N2+. The van der Waals surface area contributed by atoms with E-state index >= 15 is 0 Å². The summed E-state index contributed by atoms with van der Waals surface area (Å²) in [4.78, 5) is 1.69. The molecule has 1 aliphatic heterocycles. The quantitative estimate of drug-likeness (QED) is 0.731. The van der Waals surface area contributed by atoms with Crippen LogP contribution in [0, 0.1) is 17.8 Å². The van der Waals surface area contributed by atoms with Crippen molar-refractivity contribution < 1.29 is 4.90 Å². The molecular weight excluding hydrogens is 196 g/mol. The first-order valence-corrected chi connectivity index (χ1v) is 7.25. The Morgan fingerprint density at radius 2 is 1.81 bits per heavy atom. The fraction of sp³-hybridized carbons (Fsp3) is 1.00. The predicted octanol–water partition coefficient (Wildman–Crippen LogP) is 1.41. The molecule has 1 saturated carbocycles. The first kappa shape index (κ1) is 12.4. The summed E-state index contributed by atoms with van der Waals surface area (Å²) in [6.07, 6.45) is 8.84. The van der Waals surface area contributed by atoms with Crippen LogP contribution in [0.4, 0.5) is 0 Å². The molecule has 16 heavy (non-hydrogen) atoms.